The molecular weight excluding hydrogens is 461 g/mol. The zero-order valence-corrected chi connectivity index (χ0v) is 20.2. The van der Waals surface area contributed by atoms with E-state index in [0.717, 1.165) is 6.92 Å². The second-order valence-corrected chi connectivity index (χ2v) is 7.94. The van der Waals surface area contributed by atoms with Crippen LogP contribution in [0.2, 0.25) is 0 Å². The Labute approximate surface area is 204 Å². The second-order valence-electron chi connectivity index (χ2n) is 6.94. The van der Waals surface area contributed by atoms with Crippen molar-refractivity contribution in [3.05, 3.63) is 40.2 Å². The number of benzene rings is 1. The zero-order chi connectivity index (χ0) is 22.9. The van der Waals surface area contributed by atoms with Crippen molar-refractivity contribution >= 4 is 27.3 Å². The van der Waals surface area contributed by atoms with Crippen LogP contribution in [0.1, 0.15) is 12.5 Å². The van der Waals surface area contributed by atoms with E-state index in [1.165, 1.54) is 18.2 Å². The van der Waals surface area contributed by atoms with Gasteiger partial charge in [0.1, 0.15) is 35.7 Å². The SMILES string of the molecule is CC(=O)NC1C(Oc2ccc3c(C)cc(=O)oc3c2)OC(CO)C(OS(=O)(=O)[O-])C1O.[Na+]. The summed E-state index contributed by atoms with van der Waals surface area (Å²) in [6.07, 6.45) is -6.46. The summed E-state index contributed by atoms with van der Waals surface area (Å²) in [4.78, 5) is 23.2. The summed E-state index contributed by atoms with van der Waals surface area (Å²) in [5, 5.41) is 23.1. The molecule has 170 valence electrons. The van der Waals surface area contributed by atoms with Crippen molar-refractivity contribution in [3.8, 4) is 5.75 Å². The molecule has 2 aromatic rings. The Morgan fingerprint density at radius 1 is 1.31 bits per heavy atom. The smallest absolute Gasteiger partial charge is 0.726 e. The van der Waals surface area contributed by atoms with E-state index < -0.39 is 59.2 Å². The number of rotatable bonds is 6. The summed E-state index contributed by atoms with van der Waals surface area (Å²) in [5.41, 5.74) is 0.325. The molecular formula is C18H20NNaO11S. The number of fused-ring (bicyclic) bond motifs is 1. The molecule has 1 aromatic heterocycles. The quantitative estimate of drug-likeness (QED) is 0.158. The molecule has 0 radical (unpaired) electrons. The number of aryl methyl sites for hydroxylation is 1. The number of amides is 1. The fourth-order valence-electron chi connectivity index (χ4n) is 3.32. The van der Waals surface area contributed by atoms with Crippen LogP contribution in [-0.4, -0.2) is 66.3 Å². The number of ether oxygens (including phenoxy) is 2. The van der Waals surface area contributed by atoms with Crippen molar-refractivity contribution < 1.29 is 75.6 Å². The monoisotopic (exact) mass is 481 g/mol. The Bertz CT molecular complexity index is 1140. The minimum atomic E-state index is -5.26. The minimum Gasteiger partial charge on any atom is -0.726 e. The van der Waals surface area contributed by atoms with Crippen LogP contribution in [0.15, 0.2) is 33.5 Å². The van der Waals surface area contributed by atoms with E-state index in [4.69, 9.17) is 13.9 Å². The fourth-order valence-corrected chi connectivity index (χ4v) is 3.83. The second kappa shape index (κ2) is 10.6. The number of nitrogens with one attached hydrogen (secondary N) is 1. The van der Waals surface area contributed by atoms with Crippen LogP contribution < -0.4 is 45.2 Å². The molecule has 1 fully saturated rings. The number of carbonyl (C=O) groups excluding carboxylic acids is 1. The Kier molecular flexibility index (Phi) is 8.83. The Morgan fingerprint density at radius 2 is 2.00 bits per heavy atom. The van der Waals surface area contributed by atoms with Crippen molar-refractivity contribution in [3.63, 3.8) is 0 Å². The number of carbonyl (C=O) groups is 1. The molecule has 1 saturated heterocycles. The Morgan fingerprint density at radius 3 is 2.59 bits per heavy atom. The third kappa shape index (κ3) is 6.27. The molecule has 12 nitrogen and oxygen atoms in total. The van der Waals surface area contributed by atoms with Crippen molar-refractivity contribution in [2.24, 2.45) is 0 Å². The van der Waals surface area contributed by atoms with Crippen LogP contribution in [0, 0.1) is 6.92 Å². The molecule has 1 aliphatic heterocycles. The van der Waals surface area contributed by atoms with Gasteiger partial charge in [0.25, 0.3) is 0 Å². The van der Waals surface area contributed by atoms with Crippen molar-refractivity contribution in [2.75, 3.05) is 6.61 Å². The minimum absolute atomic E-state index is 0. The summed E-state index contributed by atoms with van der Waals surface area (Å²) in [7, 11) is -5.26. The average molecular weight is 481 g/mol. The number of aliphatic hydroxyl groups excluding tert-OH is 2. The maximum atomic E-state index is 11.6. The van der Waals surface area contributed by atoms with Crippen LogP contribution >= 0.6 is 0 Å². The van der Waals surface area contributed by atoms with Crippen molar-refractivity contribution in [2.45, 2.75) is 44.5 Å². The van der Waals surface area contributed by atoms with E-state index in [-0.39, 0.29) is 40.9 Å². The van der Waals surface area contributed by atoms with Crippen molar-refractivity contribution in [1.29, 1.82) is 0 Å². The topological polar surface area (TPSA) is 185 Å². The summed E-state index contributed by atoms with van der Waals surface area (Å²) < 4.78 is 53.6. The first-order valence-corrected chi connectivity index (χ1v) is 10.4. The van der Waals surface area contributed by atoms with Gasteiger partial charge < -0.3 is 34.0 Å². The predicted octanol–water partition coefficient (Wildman–Crippen LogP) is -4.09. The van der Waals surface area contributed by atoms with E-state index >= 15 is 0 Å². The van der Waals surface area contributed by atoms with Gasteiger partial charge in [0.05, 0.1) is 6.61 Å². The van der Waals surface area contributed by atoms with E-state index in [9.17, 15) is 32.8 Å². The summed E-state index contributed by atoms with van der Waals surface area (Å²) in [6, 6.07) is 4.49. The van der Waals surface area contributed by atoms with Gasteiger partial charge in [-0.2, -0.15) is 0 Å². The van der Waals surface area contributed by atoms with Crippen LogP contribution in [0.4, 0.5) is 0 Å². The molecule has 5 atom stereocenters. The molecule has 0 spiro atoms. The van der Waals surface area contributed by atoms with Crippen LogP contribution in [0.25, 0.3) is 11.0 Å². The largest absolute Gasteiger partial charge is 1.00 e. The summed E-state index contributed by atoms with van der Waals surface area (Å²) in [5.74, 6) is -0.492. The zero-order valence-electron chi connectivity index (χ0n) is 17.4. The number of hydrogen-bond donors (Lipinski definition) is 3. The first-order valence-electron chi connectivity index (χ1n) is 9.05. The van der Waals surface area contributed by atoms with Gasteiger partial charge >= 0.3 is 35.2 Å². The molecule has 1 aromatic carbocycles. The van der Waals surface area contributed by atoms with Gasteiger partial charge in [-0.1, -0.05) is 0 Å². The van der Waals surface area contributed by atoms with E-state index in [0.29, 0.717) is 10.9 Å². The van der Waals surface area contributed by atoms with Gasteiger partial charge in [-0.15, -0.1) is 0 Å². The number of aliphatic hydroxyl groups is 2. The van der Waals surface area contributed by atoms with Crippen LogP contribution in [0.3, 0.4) is 0 Å². The molecule has 1 aliphatic rings. The molecule has 14 heteroatoms. The van der Waals surface area contributed by atoms with Crippen LogP contribution in [0.5, 0.6) is 5.75 Å². The molecule has 32 heavy (non-hydrogen) atoms. The normalized spacial score (nSPS) is 25.7. The van der Waals surface area contributed by atoms with E-state index in [2.05, 4.69) is 9.50 Å². The van der Waals surface area contributed by atoms with Crippen LogP contribution in [-0.2, 0) is 24.1 Å². The standard InChI is InChI=1S/C18H21NO11S.Na/c1-8-5-14(22)28-12-6-10(3-4-11(8)12)27-18-15(19-9(2)21)16(23)17(13(7-20)29-18)30-31(24,25)26;/h3-6,13,15-18,20,23H,7H2,1-2H3,(H,19,21)(H,24,25,26);/q;+1/p-1. The first kappa shape index (κ1) is 26.7. The molecule has 0 bridgehead atoms. The predicted molar refractivity (Wildman–Crippen MR) is 102 cm³/mol. The third-order valence-corrected chi connectivity index (χ3v) is 5.08. The van der Waals surface area contributed by atoms with Gasteiger partial charge in [0.15, 0.2) is 0 Å². The summed E-state index contributed by atoms with van der Waals surface area (Å²) in [6.45, 7) is 2.04. The maximum Gasteiger partial charge on any atom is 1.00 e. The van der Waals surface area contributed by atoms with E-state index in [1.54, 1.807) is 13.0 Å². The molecule has 1 amide bonds. The molecule has 0 saturated carbocycles. The third-order valence-electron chi connectivity index (χ3n) is 4.63. The number of hydrogen-bond acceptors (Lipinski definition) is 11. The molecule has 2 heterocycles. The first-order chi connectivity index (χ1) is 14.5. The molecule has 3 rings (SSSR count). The average Bonchev–Trinajstić information content (AvgIpc) is 2.65. The van der Waals surface area contributed by atoms with Gasteiger partial charge in [-0.3, -0.25) is 8.98 Å². The van der Waals surface area contributed by atoms with E-state index in [1.807, 2.05) is 0 Å². The Hall–Kier alpha value is -1.55. The summed E-state index contributed by atoms with van der Waals surface area (Å²) >= 11 is 0. The van der Waals surface area contributed by atoms with Gasteiger partial charge in [-0.05, 0) is 24.6 Å². The van der Waals surface area contributed by atoms with Gasteiger partial charge in [0.2, 0.25) is 22.6 Å². The molecule has 5 unspecified atom stereocenters. The molecule has 3 N–H and O–H groups in total. The van der Waals surface area contributed by atoms with Crippen molar-refractivity contribution in [1.82, 2.24) is 5.32 Å². The Balaban J connectivity index is 0.00000363. The molecule has 0 aliphatic carbocycles. The van der Waals surface area contributed by atoms with Gasteiger partial charge in [0, 0.05) is 24.4 Å². The van der Waals surface area contributed by atoms with Gasteiger partial charge in [-0.25, -0.2) is 13.2 Å². The maximum absolute atomic E-state index is 11.6. The fraction of sp³-hybridized carbons (Fsp3) is 0.444.